The molecule has 10 nitrogen and oxygen atoms in total. The van der Waals surface area contributed by atoms with Gasteiger partial charge in [0.05, 0.1) is 48.6 Å². The molecular weight excluding hydrogens is 544 g/mol. The molecule has 212 valence electrons. The Morgan fingerprint density at radius 1 is 0.643 bits per heavy atom. The van der Waals surface area contributed by atoms with Gasteiger partial charge in [-0.1, -0.05) is 6.07 Å². The van der Waals surface area contributed by atoms with E-state index >= 15 is 0 Å². The van der Waals surface area contributed by atoms with Gasteiger partial charge in [-0.3, -0.25) is 14.4 Å². The third-order valence-corrected chi connectivity index (χ3v) is 7.80. The number of carbonyl (C=O) groups is 3. The topological polar surface area (TPSA) is 171 Å². The van der Waals surface area contributed by atoms with E-state index in [1.54, 1.807) is 13.0 Å². The Morgan fingerprint density at radius 2 is 1.24 bits per heavy atom. The van der Waals surface area contributed by atoms with Gasteiger partial charge in [-0.2, -0.15) is 0 Å². The first-order chi connectivity index (χ1) is 20.0. The summed E-state index contributed by atoms with van der Waals surface area (Å²) in [7, 11) is 2.62. The van der Waals surface area contributed by atoms with E-state index in [1.807, 2.05) is 0 Å². The molecule has 0 saturated carbocycles. The Balaban J connectivity index is 1.67. The Labute approximate surface area is 238 Å². The highest BCUT2D eigenvalue weighted by Crippen LogP contribution is 2.53. The number of carbonyl (C=O) groups excluding carboxylic acids is 3. The Hall–Kier alpha value is -5.35. The Bertz CT molecular complexity index is 1920. The van der Waals surface area contributed by atoms with Crippen LogP contribution in [0.4, 0.5) is 0 Å². The lowest BCUT2D eigenvalue weighted by Crippen LogP contribution is -2.22. The van der Waals surface area contributed by atoms with Gasteiger partial charge >= 0.3 is 0 Å². The summed E-state index contributed by atoms with van der Waals surface area (Å²) in [5.74, 6) is -4.00. The standard InChI is InChI=1S/C32H24O10/c1-12-4-14-8-15-24(30(38)23(14)18(34)5-12)20(36)10-22(42-3)26(15)28-21(41-2)9-17-27(32(28)40)31(39)25-16(29(17)37)6-13(11-33)7-19(25)35/h4-7,9-10,33-36,40H,8,11H2,1-3H3. The molecule has 0 amide bonds. The fourth-order valence-corrected chi connectivity index (χ4v) is 6.04. The van der Waals surface area contributed by atoms with Crippen LogP contribution in [0, 0.1) is 6.92 Å². The number of ether oxygens (including phenoxy) is 2. The number of hydrogen-bond acceptors (Lipinski definition) is 10. The van der Waals surface area contributed by atoms with E-state index in [-0.39, 0.29) is 73.7 Å². The van der Waals surface area contributed by atoms with Crippen molar-refractivity contribution in [2.75, 3.05) is 14.2 Å². The normalized spacial score (nSPS) is 13.3. The van der Waals surface area contributed by atoms with E-state index in [2.05, 4.69) is 0 Å². The largest absolute Gasteiger partial charge is 0.507 e. The lowest BCUT2D eigenvalue weighted by atomic mass is 9.77. The van der Waals surface area contributed by atoms with Crippen molar-refractivity contribution in [2.24, 2.45) is 0 Å². The van der Waals surface area contributed by atoms with E-state index in [4.69, 9.17) is 9.47 Å². The minimum atomic E-state index is -0.837. The van der Waals surface area contributed by atoms with Crippen molar-refractivity contribution in [2.45, 2.75) is 20.0 Å². The fraction of sp³-hybridized carbons (Fsp3) is 0.156. The number of hydrogen-bond donors (Lipinski definition) is 5. The average Bonchev–Trinajstić information content (AvgIpc) is 2.94. The molecule has 0 atom stereocenters. The second-order valence-electron chi connectivity index (χ2n) is 10.2. The van der Waals surface area contributed by atoms with Crippen LogP contribution in [0.3, 0.4) is 0 Å². The minimum Gasteiger partial charge on any atom is -0.507 e. The van der Waals surface area contributed by atoms with Gasteiger partial charge in [-0.25, -0.2) is 0 Å². The van der Waals surface area contributed by atoms with Gasteiger partial charge in [0.15, 0.2) is 5.78 Å². The molecule has 0 heterocycles. The highest BCUT2D eigenvalue weighted by atomic mass is 16.5. The van der Waals surface area contributed by atoms with E-state index in [0.717, 1.165) is 6.07 Å². The summed E-state index contributed by atoms with van der Waals surface area (Å²) in [4.78, 5) is 40.9. The molecule has 0 unspecified atom stereocenters. The summed E-state index contributed by atoms with van der Waals surface area (Å²) in [5.41, 5.74) is 0.551. The van der Waals surface area contributed by atoms with Crippen LogP contribution in [0.25, 0.3) is 11.1 Å². The first kappa shape index (κ1) is 26.9. The third-order valence-electron chi connectivity index (χ3n) is 7.80. The molecule has 42 heavy (non-hydrogen) atoms. The molecule has 0 saturated heterocycles. The lowest BCUT2D eigenvalue weighted by Gasteiger charge is -2.27. The number of methoxy groups -OCH3 is 2. The van der Waals surface area contributed by atoms with Gasteiger partial charge in [0.1, 0.15) is 34.5 Å². The molecule has 0 radical (unpaired) electrons. The highest BCUT2D eigenvalue weighted by molar-refractivity contribution is 6.31. The number of aromatic hydroxyl groups is 4. The van der Waals surface area contributed by atoms with Crippen LogP contribution >= 0.6 is 0 Å². The van der Waals surface area contributed by atoms with Crippen LogP contribution in [0.1, 0.15) is 70.0 Å². The number of aliphatic hydroxyl groups is 1. The maximum absolute atomic E-state index is 13.7. The monoisotopic (exact) mass is 568 g/mol. The molecule has 0 bridgehead atoms. The molecule has 0 aliphatic heterocycles. The smallest absolute Gasteiger partial charge is 0.201 e. The lowest BCUT2D eigenvalue weighted by molar-refractivity contribution is 0.0973. The third kappa shape index (κ3) is 3.58. The number of ketones is 3. The highest BCUT2D eigenvalue weighted by Gasteiger charge is 2.40. The SMILES string of the molecule is COc1cc2c(c(O)c1-c1c(OC)cc(O)c3c1Cc1cc(C)cc(O)c1C3=O)C(=O)c1c(O)cc(CO)cc1C2=O. The van der Waals surface area contributed by atoms with Gasteiger partial charge in [-0.15, -0.1) is 0 Å². The molecule has 4 aromatic carbocycles. The van der Waals surface area contributed by atoms with Gasteiger partial charge in [-0.05, 0) is 59.9 Å². The van der Waals surface area contributed by atoms with Crippen LogP contribution < -0.4 is 9.47 Å². The molecule has 0 aromatic heterocycles. The van der Waals surface area contributed by atoms with Crippen molar-refractivity contribution in [1.29, 1.82) is 0 Å². The first-order valence-corrected chi connectivity index (χ1v) is 12.8. The number of aryl methyl sites for hydroxylation is 1. The van der Waals surface area contributed by atoms with Crippen LogP contribution in [0.15, 0.2) is 36.4 Å². The van der Waals surface area contributed by atoms with Crippen LogP contribution in [0.2, 0.25) is 0 Å². The fourth-order valence-electron chi connectivity index (χ4n) is 6.04. The maximum Gasteiger partial charge on any atom is 0.201 e. The van der Waals surface area contributed by atoms with Crippen LogP contribution in [-0.2, 0) is 13.0 Å². The first-order valence-electron chi connectivity index (χ1n) is 12.8. The molecule has 2 aliphatic rings. The van der Waals surface area contributed by atoms with Crippen molar-refractivity contribution in [1.82, 2.24) is 0 Å². The predicted octanol–water partition coefficient (Wildman–Crippen LogP) is 3.90. The quantitative estimate of drug-likeness (QED) is 0.210. The molecule has 6 rings (SSSR count). The van der Waals surface area contributed by atoms with E-state index in [0.29, 0.717) is 11.1 Å². The van der Waals surface area contributed by atoms with E-state index in [9.17, 15) is 39.9 Å². The summed E-state index contributed by atoms with van der Waals surface area (Å²) in [6, 6.07) is 8.10. The van der Waals surface area contributed by atoms with Crippen molar-refractivity contribution in [3.8, 4) is 45.6 Å². The second kappa shape index (κ2) is 9.35. The molecule has 0 fully saturated rings. The van der Waals surface area contributed by atoms with E-state index < -0.39 is 46.8 Å². The zero-order valence-electron chi connectivity index (χ0n) is 22.7. The van der Waals surface area contributed by atoms with Gasteiger partial charge in [0.2, 0.25) is 11.6 Å². The molecule has 0 spiro atoms. The number of aliphatic hydroxyl groups excluding tert-OH is 1. The molecule has 2 aliphatic carbocycles. The predicted molar refractivity (Wildman–Crippen MR) is 148 cm³/mol. The molecular formula is C32H24O10. The summed E-state index contributed by atoms with van der Waals surface area (Å²) in [6.45, 7) is 1.27. The zero-order chi connectivity index (χ0) is 30.2. The van der Waals surface area contributed by atoms with Gasteiger partial charge in [0.25, 0.3) is 0 Å². The Morgan fingerprint density at radius 3 is 1.90 bits per heavy atom. The molecule has 10 heteroatoms. The van der Waals surface area contributed by atoms with Crippen molar-refractivity contribution in [3.63, 3.8) is 0 Å². The zero-order valence-corrected chi connectivity index (χ0v) is 22.7. The van der Waals surface area contributed by atoms with Gasteiger partial charge < -0.3 is 35.0 Å². The van der Waals surface area contributed by atoms with Crippen LogP contribution in [0.5, 0.6) is 34.5 Å². The minimum absolute atomic E-state index is 0.0325. The van der Waals surface area contributed by atoms with Crippen LogP contribution in [-0.4, -0.2) is 57.1 Å². The van der Waals surface area contributed by atoms with Crippen molar-refractivity contribution >= 4 is 17.3 Å². The summed E-state index contributed by atoms with van der Waals surface area (Å²) >= 11 is 0. The van der Waals surface area contributed by atoms with Crippen molar-refractivity contribution in [3.05, 3.63) is 92.0 Å². The summed E-state index contributed by atoms with van der Waals surface area (Å²) in [6.07, 6.45) is 0.0336. The second-order valence-corrected chi connectivity index (χ2v) is 10.2. The number of phenols is 4. The summed E-state index contributed by atoms with van der Waals surface area (Å²) < 4.78 is 11.1. The summed E-state index contributed by atoms with van der Waals surface area (Å²) in [5, 5.41) is 53.3. The maximum atomic E-state index is 13.7. The number of benzene rings is 4. The Kier molecular flexibility index (Phi) is 5.98. The number of fused-ring (bicyclic) bond motifs is 4. The number of phenolic OH excluding ortho intramolecular Hbond substituents is 4. The van der Waals surface area contributed by atoms with Crippen molar-refractivity contribution < 1.29 is 49.4 Å². The average molecular weight is 569 g/mol. The molecule has 5 N–H and O–H groups in total. The van der Waals surface area contributed by atoms with E-state index in [1.165, 1.54) is 38.5 Å². The van der Waals surface area contributed by atoms with Gasteiger partial charge in [0, 0.05) is 22.8 Å². The molecule has 4 aromatic rings. The number of rotatable bonds is 4.